The van der Waals surface area contributed by atoms with E-state index >= 15 is 0 Å². The smallest absolute Gasteiger partial charge is 0.245 e. The van der Waals surface area contributed by atoms with Crippen molar-refractivity contribution in [1.82, 2.24) is 15.8 Å². The summed E-state index contributed by atoms with van der Waals surface area (Å²) in [5.74, 6) is -0.739. The first kappa shape index (κ1) is 16.8. The second kappa shape index (κ2) is 7.66. The van der Waals surface area contributed by atoms with Crippen LogP contribution in [0.5, 0.6) is 0 Å². The quantitative estimate of drug-likeness (QED) is 0.627. The Morgan fingerprint density at radius 2 is 1.72 bits per heavy atom. The topological polar surface area (TPSA) is 74.0 Å². The molecule has 0 saturated carbocycles. The zero-order chi connectivity index (χ0) is 17.6. The predicted octanol–water partition coefficient (Wildman–Crippen LogP) is 3.05. The van der Waals surface area contributed by atoms with E-state index in [4.69, 9.17) is 0 Å². The van der Waals surface area contributed by atoms with Gasteiger partial charge in [-0.2, -0.15) is 0 Å². The number of hydrazine groups is 1. The summed E-state index contributed by atoms with van der Waals surface area (Å²) in [4.78, 5) is 27.7. The van der Waals surface area contributed by atoms with E-state index in [-0.39, 0.29) is 24.2 Å². The fourth-order valence-electron chi connectivity index (χ4n) is 2.97. The summed E-state index contributed by atoms with van der Waals surface area (Å²) in [6.45, 7) is 1.95. The number of hydrogen-bond donors (Lipinski definition) is 3. The molecule has 5 nitrogen and oxygen atoms in total. The third-order valence-corrected chi connectivity index (χ3v) is 4.28. The van der Waals surface area contributed by atoms with Crippen LogP contribution in [0.2, 0.25) is 0 Å². The Morgan fingerprint density at radius 1 is 1.00 bits per heavy atom. The van der Waals surface area contributed by atoms with Crippen LogP contribution in [-0.4, -0.2) is 16.8 Å². The first-order valence-corrected chi connectivity index (χ1v) is 8.37. The first-order valence-electron chi connectivity index (χ1n) is 8.37. The average molecular weight is 335 g/mol. The number of H-pyrrole nitrogens is 1. The molecule has 5 heteroatoms. The van der Waals surface area contributed by atoms with Crippen LogP contribution >= 0.6 is 0 Å². The van der Waals surface area contributed by atoms with Gasteiger partial charge in [-0.3, -0.25) is 20.4 Å². The highest BCUT2D eigenvalue weighted by Crippen LogP contribution is 2.19. The van der Waals surface area contributed by atoms with E-state index in [2.05, 4.69) is 15.8 Å². The van der Waals surface area contributed by atoms with Gasteiger partial charge in [-0.05, 0) is 23.6 Å². The Balaban J connectivity index is 1.59. The second-order valence-electron chi connectivity index (χ2n) is 5.95. The van der Waals surface area contributed by atoms with Crippen LogP contribution < -0.4 is 10.9 Å². The summed E-state index contributed by atoms with van der Waals surface area (Å²) in [5.41, 5.74) is 7.89. The van der Waals surface area contributed by atoms with Crippen LogP contribution in [0.1, 0.15) is 30.4 Å². The molecule has 0 radical (unpaired) electrons. The summed E-state index contributed by atoms with van der Waals surface area (Å²) in [6.07, 6.45) is 2.69. The second-order valence-corrected chi connectivity index (χ2v) is 5.95. The normalized spacial score (nSPS) is 11.9. The summed E-state index contributed by atoms with van der Waals surface area (Å²) >= 11 is 0. The molecule has 3 N–H and O–H groups in total. The van der Waals surface area contributed by atoms with Crippen LogP contribution in [0.25, 0.3) is 10.9 Å². The van der Waals surface area contributed by atoms with E-state index in [0.717, 1.165) is 22.0 Å². The summed E-state index contributed by atoms with van der Waals surface area (Å²) in [7, 11) is 0. The maximum absolute atomic E-state index is 12.4. The molecule has 128 valence electrons. The molecule has 0 aliphatic rings. The van der Waals surface area contributed by atoms with Crippen molar-refractivity contribution in [3.8, 4) is 0 Å². The van der Waals surface area contributed by atoms with E-state index in [9.17, 15) is 9.59 Å². The number of rotatable bonds is 5. The lowest BCUT2D eigenvalue weighted by molar-refractivity contribution is -0.129. The molecular formula is C20H21N3O2. The fourth-order valence-corrected chi connectivity index (χ4v) is 2.97. The van der Waals surface area contributed by atoms with Crippen molar-refractivity contribution in [2.45, 2.75) is 25.7 Å². The van der Waals surface area contributed by atoms with Gasteiger partial charge >= 0.3 is 0 Å². The highest BCUT2D eigenvalue weighted by atomic mass is 16.2. The van der Waals surface area contributed by atoms with Crippen molar-refractivity contribution in [3.63, 3.8) is 0 Å². The highest BCUT2D eigenvalue weighted by molar-refractivity contribution is 5.90. The Bertz CT molecular complexity index is 871. The zero-order valence-electron chi connectivity index (χ0n) is 14.1. The number of para-hydroxylation sites is 1. The van der Waals surface area contributed by atoms with E-state index in [1.54, 1.807) is 0 Å². The van der Waals surface area contributed by atoms with Crippen molar-refractivity contribution >= 4 is 22.7 Å². The van der Waals surface area contributed by atoms with Gasteiger partial charge in [-0.1, -0.05) is 55.5 Å². The van der Waals surface area contributed by atoms with Gasteiger partial charge in [0.25, 0.3) is 0 Å². The lowest BCUT2D eigenvalue weighted by atomic mass is 9.96. The van der Waals surface area contributed by atoms with Gasteiger partial charge < -0.3 is 4.98 Å². The number of amides is 2. The lowest BCUT2D eigenvalue weighted by Crippen LogP contribution is -2.44. The van der Waals surface area contributed by atoms with Crippen LogP contribution in [0, 0.1) is 0 Å². The summed E-state index contributed by atoms with van der Waals surface area (Å²) in [5, 5.41) is 1.01. The molecular weight excluding hydrogens is 314 g/mol. The first-order chi connectivity index (χ1) is 12.2. The lowest BCUT2D eigenvalue weighted by Gasteiger charge is -2.15. The molecule has 0 spiro atoms. The molecule has 1 atom stereocenters. The van der Waals surface area contributed by atoms with Gasteiger partial charge in [0.2, 0.25) is 11.8 Å². The largest absolute Gasteiger partial charge is 0.361 e. The number of nitrogens with one attached hydrogen (secondary N) is 3. The molecule has 1 heterocycles. The minimum absolute atomic E-state index is 0.201. The number of benzene rings is 2. The Hall–Kier alpha value is -3.08. The summed E-state index contributed by atoms with van der Waals surface area (Å²) in [6, 6.07) is 17.4. The molecule has 1 aromatic heterocycles. The molecule has 2 aromatic carbocycles. The minimum atomic E-state index is -0.283. The maximum Gasteiger partial charge on any atom is 0.245 e. The molecule has 3 rings (SSSR count). The number of carbonyl (C=O) groups excluding carboxylic acids is 2. The average Bonchev–Trinajstić information content (AvgIpc) is 3.04. The molecule has 3 aromatic rings. The van der Waals surface area contributed by atoms with E-state index < -0.39 is 0 Å². The number of fused-ring (bicyclic) bond motifs is 1. The van der Waals surface area contributed by atoms with Crippen LogP contribution in [0.15, 0.2) is 60.8 Å². The van der Waals surface area contributed by atoms with Gasteiger partial charge in [0.15, 0.2) is 0 Å². The molecule has 1 unspecified atom stereocenters. The molecule has 2 amide bonds. The number of carbonyl (C=O) groups is 2. The number of hydrogen-bond acceptors (Lipinski definition) is 2. The van der Waals surface area contributed by atoms with Gasteiger partial charge in [0.05, 0.1) is 12.3 Å². The van der Waals surface area contributed by atoms with Crippen molar-refractivity contribution in [2.75, 3.05) is 0 Å². The number of aromatic nitrogens is 1. The summed E-state index contributed by atoms with van der Waals surface area (Å²) < 4.78 is 0. The molecule has 0 aliphatic carbocycles. The van der Waals surface area contributed by atoms with Crippen molar-refractivity contribution in [3.05, 3.63) is 71.9 Å². The van der Waals surface area contributed by atoms with Crippen LogP contribution in [0.3, 0.4) is 0 Å². The van der Waals surface area contributed by atoms with E-state index in [1.165, 1.54) is 0 Å². The van der Waals surface area contributed by atoms with Crippen molar-refractivity contribution < 1.29 is 9.59 Å². The van der Waals surface area contributed by atoms with Gasteiger partial charge in [0.1, 0.15) is 0 Å². The minimum Gasteiger partial charge on any atom is -0.361 e. The SMILES string of the molecule is CCC(C(=O)NNC(=O)Cc1c[nH]c2ccccc12)c1ccccc1. The maximum atomic E-state index is 12.4. The standard InChI is InChI=1S/C20H21N3O2/c1-2-16(14-8-4-3-5-9-14)20(25)23-22-19(24)12-15-13-21-18-11-7-6-10-17(15)18/h3-11,13,16,21H,2,12H2,1H3,(H,22,24)(H,23,25). The van der Waals surface area contributed by atoms with Crippen LogP contribution in [0.4, 0.5) is 0 Å². The van der Waals surface area contributed by atoms with Gasteiger partial charge in [-0.25, -0.2) is 0 Å². The van der Waals surface area contributed by atoms with Crippen molar-refractivity contribution in [2.24, 2.45) is 0 Å². The predicted molar refractivity (Wildman–Crippen MR) is 97.8 cm³/mol. The number of aromatic amines is 1. The molecule has 25 heavy (non-hydrogen) atoms. The van der Waals surface area contributed by atoms with Crippen LogP contribution in [-0.2, 0) is 16.0 Å². The highest BCUT2D eigenvalue weighted by Gasteiger charge is 2.19. The molecule has 0 bridgehead atoms. The Kier molecular flexibility index (Phi) is 5.14. The monoisotopic (exact) mass is 335 g/mol. The third-order valence-electron chi connectivity index (χ3n) is 4.28. The fraction of sp³-hybridized carbons (Fsp3) is 0.200. The zero-order valence-corrected chi connectivity index (χ0v) is 14.1. The Labute approximate surface area is 146 Å². The molecule has 0 fully saturated rings. The molecule has 0 aliphatic heterocycles. The molecule has 0 saturated heterocycles. The Morgan fingerprint density at radius 3 is 2.48 bits per heavy atom. The van der Waals surface area contributed by atoms with E-state index in [1.807, 2.05) is 67.7 Å². The van der Waals surface area contributed by atoms with E-state index in [0.29, 0.717) is 6.42 Å². The van der Waals surface area contributed by atoms with Gasteiger partial charge in [0, 0.05) is 17.1 Å². The van der Waals surface area contributed by atoms with Gasteiger partial charge in [-0.15, -0.1) is 0 Å². The third kappa shape index (κ3) is 3.88. The van der Waals surface area contributed by atoms with Crippen molar-refractivity contribution in [1.29, 1.82) is 0 Å².